The zero-order chi connectivity index (χ0) is 59.4. The number of methoxy groups -OCH3 is 2. The van der Waals surface area contributed by atoms with Gasteiger partial charge in [0.2, 0.25) is 5.91 Å². The molecular weight excluding hydrogens is 1100 g/mol. The van der Waals surface area contributed by atoms with Crippen molar-refractivity contribution in [2.75, 3.05) is 77.5 Å². The molecule has 5 aliphatic heterocycles. The van der Waals surface area contributed by atoms with Gasteiger partial charge in [-0.15, -0.1) is 0 Å². The average Bonchev–Trinajstić information content (AvgIpc) is 4.38. The molecule has 1 saturated heterocycles. The maximum absolute atomic E-state index is 14.6. The number of anilines is 2. The Hall–Kier alpha value is -8.89. The van der Waals surface area contributed by atoms with Gasteiger partial charge in [0, 0.05) is 84.4 Å². The van der Waals surface area contributed by atoms with Crippen LogP contribution < -0.4 is 40.5 Å². The van der Waals surface area contributed by atoms with Crippen LogP contribution in [0.4, 0.5) is 25.8 Å². The molecule has 4 amide bonds. The first-order chi connectivity index (χ1) is 41.1. The SMILES string of the molecule is COc1cc2c(cc1OCCCCCOc1cc3c(cc1OC)C(=O)N1C=C(C)CC1[C@H](OCCc1cc4ccc(NCCOCC5CC(F)(F)CN5C(=O)CNC(=O)c5ccnc6ccccc56)cc4oc1=O)N3)N=CC1CC(C)=CN1C2=O. The number of amides is 4. The Kier molecular flexibility index (Phi) is 17.1. The van der Waals surface area contributed by atoms with Gasteiger partial charge in [-0.2, -0.15) is 0 Å². The van der Waals surface area contributed by atoms with Gasteiger partial charge < -0.3 is 63.5 Å². The van der Waals surface area contributed by atoms with Crippen LogP contribution in [0.2, 0.25) is 0 Å². The normalized spacial score (nSPS) is 19.3. The quantitative estimate of drug-likeness (QED) is 0.0402. The first kappa shape index (κ1) is 57.9. The van der Waals surface area contributed by atoms with Crippen LogP contribution in [0.15, 0.2) is 123 Å². The van der Waals surface area contributed by atoms with Gasteiger partial charge in [0.15, 0.2) is 23.0 Å². The molecule has 5 aliphatic rings. The van der Waals surface area contributed by atoms with Crippen molar-refractivity contribution >= 4 is 68.8 Å². The van der Waals surface area contributed by atoms with Crippen molar-refractivity contribution in [3.8, 4) is 23.0 Å². The first-order valence-corrected chi connectivity index (χ1v) is 28.4. The van der Waals surface area contributed by atoms with Gasteiger partial charge in [-0.1, -0.05) is 29.3 Å². The van der Waals surface area contributed by atoms with E-state index in [1.807, 2.05) is 44.6 Å². The number of alkyl halides is 2. The molecule has 4 aromatic carbocycles. The number of rotatable bonds is 23. The molecule has 3 N–H and O–H groups in total. The van der Waals surface area contributed by atoms with E-state index >= 15 is 0 Å². The lowest BCUT2D eigenvalue weighted by Gasteiger charge is -2.29. The predicted molar refractivity (Wildman–Crippen MR) is 314 cm³/mol. The maximum Gasteiger partial charge on any atom is 0.339 e. The number of hydrogen-bond donors (Lipinski definition) is 3. The second kappa shape index (κ2) is 25.1. The standard InChI is InChI=1S/C63H66F2N8O12/c1-37-22-42-31-68-49-28-55(53(79-3)26-46(49)60(76)71(42)33-37)82-18-8-5-9-19-83-56-29-50-47(27-54(56)80-4)61(77)72-34-38(2)23-51(72)59(70-50)84-20-15-40-24-39-12-13-41(25-52(39)85-62(40)78)66-17-21-81-35-43-30-63(64,65)36-73(43)57(74)32-69-58(75)45-14-16-67-48-11-7-6-10-44(45)48/h6-7,10-14,16,24-29,31,33-34,42-43,51,59,66,70H,5,8-9,15,17-23,30,32,35-36H2,1-4H3,(H,69,75)/t42?,43?,51?,59-/m0/s1. The van der Waals surface area contributed by atoms with E-state index in [0.29, 0.717) is 117 Å². The number of halogens is 2. The molecule has 7 heterocycles. The molecule has 85 heavy (non-hydrogen) atoms. The number of carbonyl (C=O) groups excluding carboxylic acids is 4. The van der Waals surface area contributed by atoms with E-state index in [4.69, 9.17) is 32.8 Å². The van der Waals surface area contributed by atoms with Crippen LogP contribution in [0.3, 0.4) is 0 Å². The number of pyridine rings is 1. The van der Waals surface area contributed by atoms with Gasteiger partial charge in [0.1, 0.15) is 11.8 Å². The Labute approximate surface area is 488 Å². The highest BCUT2D eigenvalue weighted by atomic mass is 19.3. The summed E-state index contributed by atoms with van der Waals surface area (Å²) in [5, 5.41) is 10.5. The molecular formula is C63H66F2N8O12. The van der Waals surface area contributed by atoms with Crippen LogP contribution in [0, 0.1) is 0 Å². The molecule has 0 bridgehead atoms. The Balaban J connectivity index is 0.645. The third-order valence-corrected chi connectivity index (χ3v) is 15.7. The van der Waals surface area contributed by atoms with E-state index in [1.165, 1.54) is 19.4 Å². The van der Waals surface area contributed by atoms with Crippen molar-refractivity contribution in [3.63, 3.8) is 0 Å². The van der Waals surface area contributed by atoms with E-state index in [1.54, 1.807) is 77.6 Å². The molecule has 444 valence electrons. The number of hydrogen-bond acceptors (Lipinski definition) is 16. The fourth-order valence-electron chi connectivity index (χ4n) is 11.5. The molecule has 0 radical (unpaired) electrons. The number of likely N-dealkylation sites (tertiary alicyclic amines) is 1. The van der Waals surface area contributed by atoms with Crippen molar-refractivity contribution in [2.45, 2.75) is 89.1 Å². The van der Waals surface area contributed by atoms with Crippen molar-refractivity contribution in [2.24, 2.45) is 4.99 Å². The van der Waals surface area contributed by atoms with E-state index < -0.39 is 55.1 Å². The smallest absolute Gasteiger partial charge is 0.339 e. The van der Waals surface area contributed by atoms with Crippen LogP contribution >= 0.6 is 0 Å². The monoisotopic (exact) mass is 1160 g/mol. The summed E-state index contributed by atoms with van der Waals surface area (Å²) in [5.41, 5.74) is 5.83. The maximum atomic E-state index is 14.6. The topological polar surface area (TPSA) is 225 Å². The highest BCUT2D eigenvalue weighted by molar-refractivity contribution is 6.07. The number of benzene rings is 4. The Morgan fingerprint density at radius 2 is 1.55 bits per heavy atom. The fraction of sp³-hybridized carbons (Fsp3) is 0.381. The van der Waals surface area contributed by atoms with Crippen LogP contribution in [-0.2, 0) is 20.7 Å². The number of aromatic nitrogens is 1. The second-order valence-electron chi connectivity index (χ2n) is 21.8. The molecule has 0 spiro atoms. The largest absolute Gasteiger partial charge is 0.493 e. The number of nitrogens with one attached hydrogen (secondary N) is 3. The van der Waals surface area contributed by atoms with Crippen LogP contribution in [0.5, 0.6) is 23.0 Å². The summed E-state index contributed by atoms with van der Waals surface area (Å²) in [4.78, 5) is 80.4. The number of aliphatic imine (C=N–C) groups is 1. The van der Waals surface area contributed by atoms with Crippen molar-refractivity contribution in [3.05, 3.63) is 141 Å². The summed E-state index contributed by atoms with van der Waals surface area (Å²) < 4.78 is 71.1. The minimum atomic E-state index is -3.11. The lowest BCUT2D eigenvalue weighted by Crippen LogP contribution is -2.44. The summed E-state index contributed by atoms with van der Waals surface area (Å²) in [7, 11) is 3.07. The van der Waals surface area contributed by atoms with Crippen molar-refractivity contribution < 1.29 is 60.8 Å². The summed E-state index contributed by atoms with van der Waals surface area (Å²) in [6.45, 7) is 3.89. The molecule has 0 aliphatic carbocycles. The third-order valence-electron chi connectivity index (χ3n) is 15.7. The van der Waals surface area contributed by atoms with Crippen LogP contribution in [0.1, 0.15) is 89.0 Å². The average molecular weight is 1170 g/mol. The summed E-state index contributed by atoms with van der Waals surface area (Å²) in [6.07, 6.45) is 9.52. The highest BCUT2D eigenvalue weighted by Crippen LogP contribution is 2.41. The van der Waals surface area contributed by atoms with Gasteiger partial charge in [-0.3, -0.25) is 29.2 Å². The molecule has 3 unspecified atom stereocenters. The highest BCUT2D eigenvalue weighted by Gasteiger charge is 2.47. The zero-order valence-electron chi connectivity index (χ0n) is 47.6. The molecule has 1 fully saturated rings. The Morgan fingerprint density at radius 1 is 0.812 bits per heavy atom. The molecule has 0 saturated carbocycles. The first-order valence-electron chi connectivity index (χ1n) is 28.4. The van der Waals surface area contributed by atoms with E-state index in [9.17, 15) is 32.8 Å². The summed E-state index contributed by atoms with van der Waals surface area (Å²) >= 11 is 0. The molecule has 4 atom stereocenters. The number of fused-ring (bicyclic) bond motifs is 6. The van der Waals surface area contributed by atoms with Gasteiger partial charge in [0.25, 0.3) is 23.6 Å². The summed E-state index contributed by atoms with van der Waals surface area (Å²) in [6, 6.07) is 21.2. The number of ether oxygens (including phenoxy) is 6. The molecule has 22 heteroatoms. The minimum absolute atomic E-state index is 0.110. The van der Waals surface area contributed by atoms with Crippen LogP contribution in [-0.4, -0.2) is 147 Å². The molecule has 11 rings (SSSR count). The van der Waals surface area contributed by atoms with Crippen LogP contribution in [0.25, 0.3) is 21.9 Å². The zero-order valence-corrected chi connectivity index (χ0v) is 47.6. The number of unbranched alkanes of at least 4 members (excludes halogenated alkanes) is 2. The lowest BCUT2D eigenvalue weighted by atomic mass is 10.1. The van der Waals surface area contributed by atoms with Crippen molar-refractivity contribution in [1.82, 2.24) is 25.0 Å². The van der Waals surface area contributed by atoms with E-state index in [2.05, 4.69) is 25.9 Å². The fourth-order valence-corrected chi connectivity index (χ4v) is 11.5. The Bertz CT molecular complexity index is 3710. The van der Waals surface area contributed by atoms with Crippen molar-refractivity contribution in [1.29, 1.82) is 0 Å². The molecule has 20 nitrogen and oxygen atoms in total. The van der Waals surface area contributed by atoms with Gasteiger partial charge in [-0.25, -0.2) is 13.6 Å². The lowest BCUT2D eigenvalue weighted by molar-refractivity contribution is -0.133. The van der Waals surface area contributed by atoms with Gasteiger partial charge in [0.05, 0.1) is 112 Å². The Morgan fingerprint density at radius 3 is 2.35 bits per heavy atom. The summed E-state index contributed by atoms with van der Waals surface area (Å²) in [5.74, 6) is -2.79. The van der Waals surface area contributed by atoms with E-state index in [-0.39, 0.29) is 56.7 Å². The van der Waals surface area contributed by atoms with Gasteiger partial charge >= 0.3 is 5.63 Å². The minimum Gasteiger partial charge on any atom is -0.493 e. The number of para-hydroxylation sites is 1. The molecule has 2 aromatic heterocycles. The van der Waals surface area contributed by atoms with E-state index in [0.717, 1.165) is 28.9 Å². The molecule has 6 aromatic rings. The number of nitrogens with zero attached hydrogens (tertiary/aromatic N) is 5. The predicted octanol–water partition coefficient (Wildman–Crippen LogP) is 9.04. The number of carbonyl (C=O) groups is 4. The third kappa shape index (κ3) is 12.8. The van der Waals surface area contributed by atoms with Gasteiger partial charge in [-0.05, 0) is 88.4 Å². The second-order valence-corrected chi connectivity index (χ2v) is 21.8.